The second-order valence-corrected chi connectivity index (χ2v) is 8.95. The number of sulfone groups is 1. The Bertz CT molecular complexity index is 611. The summed E-state index contributed by atoms with van der Waals surface area (Å²) in [5.41, 5.74) is 1.28. The van der Waals surface area contributed by atoms with Crippen LogP contribution in [0.4, 0.5) is 0 Å². The van der Waals surface area contributed by atoms with Crippen molar-refractivity contribution in [2.75, 3.05) is 44.2 Å². The van der Waals surface area contributed by atoms with E-state index in [0.29, 0.717) is 19.6 Å². The van der Waals surface area contributed by atoms with E-state index < -0.39 is 9.84 Å². The maximum Gasteiger partial charge on any atom is 0.191 e. The molecule has 0 saturated carbocycles. The lowest BCUT2D eigenvalue weighted by atomic mass is 10.3. The molecule has 0 bridgehead atoms. The molecule has 2 heterocycles. The van der Waals surface area contributed by atoms with Gasteiger partial charge in [0.15, 0.2) is 15.8 Å². The molecule has 6 nitrogen and oxygen atoms in total. The molecule has 0 amide bonds. The maximum absolute atomic E-state index is 11.4. The van der Waals surface area contributed by atoms with Crippen molar-refractivity contribution in [3.05, 3.63) is 21.9 Å². The molecule has 0 spiro atoms. The molecule has 0 unspecified atom stereocenters. The number of thiophene rings is 1. The van der Waals surface area contributed by atoms with Gasteiger partial charge >= 0.3 is 0 Å². The molecule has 1 saturated heterocycles. The quantitative estimate of drug-likeness (QED) is 0.582. The molecule has 1 aliphatic rings. The Hall–Kier alpha value is -1.12. The Morgan fingerprint density at radius 3 is 2.70 bits per heavy atom. The fourth-order valence-corrected chi connectivity index (χ4v) is 4.47. The van der Waals surface area contributed by atoms with Crippen molar-refractivity contribution in [1.29, 1.82) is 0 Å². The first-order chi connectivity index (χ1) is 11.0. The standard InChI is InChI=1S/C15H26N4O2S2/c1-3-16-15(18-12-14-13(2)4-9-22-14)17-5-6-19-7-10-23(20,21)11-8-19/h4,9H,3,5-8,10-12H2,1-2H3,(H2,16,17,18). The van der Waals surface area contributed by atoms with E-state index in [1.807, 2.05) is 6.92 Å². The number of hydrogen-bond acceptors (Lipinski definition) is 5. The zero-order valence-electron chi connectivity index (χ0n) is 13.8. The van der Waals surface area contributed by atoms with Gasteiger partial charge in [-0.2, -0.15) is 0 Å². The van der Waals surface area contributed by atoms with Crippen molar-refractivity contribution in [2.45, 2.75) is 20.4 Å². The summed E-state index contributed by atoms with van der Waals surface area (Å²) in [6.07, 6.45) is 0. The summed E-state index contributed by atoms with van der Waals surface area (Å²) in [7, 11) is -2.80. The van der Waals surface area contributed by atoms with Gasteiger partial charge in [0.25, 0.3) is 0 Å². The lowest BCUT2D eigenvalue weighted by Crippen LogP contribution is -2.45. The molecule has 1 fully saturated rings. The number of aliphatic imine (C=N–C) groups is 1. The van der Waals surface area contributed by atoms with Crippen molar-refractivity contribution >= 4 is 27.1 Å². The lowest BCUT2D eigenvalue weighted by molar-refractivity contribution is 0.299. The molecule has 1 aliphatic heterocycles. The predicted molar refractivity (Wildman–Crippen MR) is 97.0 cm³/mol. The van der Waals surface area contributed by atoms with Gasteiger partial charge in [-0.15, -0.1) is 11.3 Å². The molecule has 130 valence electrons. The van der Waals surface area contributed by atoms with Crippen molar-refractivity contribution < 1.29 is 8.42 Å². The predicted octanol–water partition coefficient (Wildman–Crippen LogP) is 0.842. The van der Waals surface area contributed by atoms with E-state index in [1.165, 1.54) is 10.4 Å². The first-order valence-corrected chi connectivity index (χ1v) is 10.7. The van der Waals surface area contributed by atoms with Gasteiger partial charge in [-0.3, -0.25) is 4.90 Å². The van der Waals surface area contributed by atoms with Crippen LogP contribution in [0, 0.1) is 6.92 Å². The number of nitrogens with zero attached hydrogens (tertiary/aromatic N) is 2. The molecule has 0 atom stereocenters. The van der Waals surface area contributed by atoms with Gasteiger partial charge in [0.1, 0.15) is 0 Å². The maximum atomic E-state index is 11.4. The molecule has 1 aromatic rings. The Labute approximate surface area is 142 Å². The molecule has 2 rings (SSSR count). The summed E-state index contributed by atoms with van der Waals surface area (Å²) in [6, 6.07) is 2.11. The summed E-state index contributed by atoms with van der Waals surface area (Å²) in [5, 5.41) is 8.66. The minimum absolute atomic E-state index is 0.277. The second kappa shape index (κ2) is 8.65. The van der Waals surface area contributed by atoms with E-state index in [4.69, 9.17) is 0 Å². The van der Waals surface area contributed by atoms with Gasteiger partial charge in [0.2, 0.25) is 0 Å². The van der Waals surface area contributed by atoms with Gasteiger partial charge in [0, 0.05) is 37.6 Å². The minimum Gasteiger partial charge on any atom is -0.357 e. The van der Waals surface area contributed by atoms with Crippen LogP contribution in [-0.4, -0.2) is 63.5 Å². The smallest absolute Gasteiger partial charge is 0.191 e. The summed E-state index contributed by atoms with van der Waals surface area (Å²) < 4.78 is 22.8. The van der Waals surface area contributed by atoms with Crippen LogP contribution in [0.2, 0.25) is 0 Å². The van der Waals surface area contributed by atoms with Gasteiger partial charge in [-0.25, -0.2) is 13.4 Å². The van der Waals surface area contributed by atoms with Crippen LogP contribution in [-0.2, 0) is 16.4 Å². The zero-order chi connectivity index (χ0) is 16.7. The van der Waals surface area contributed by atoms with Crippen LogP contribution >= 0.6 is 11.3 Å². The zero-order valence-corrected chi connectivity index (χ0v) is 15.5. The Morgan fingerprint density at radius 2 is 2.09 bits per heavy atom. The first kappa shape index (κ1) is 18.2. The number of guanidine groups is 1. The SMILES string of the molecule is CCNC(=NCc1sccc1C)NCCN1CCS(=O)(=O)CC1. The van der Waals surface area contributed by atoms with E-state index in [0.717, 1.165) is 25.6 Å². The topological polar surface area (TPSA) is 73.8 Å². The monoisotopic (exact) mass is 358 g/mol. The summed E-state index contributed by atoms with van der Waals surface area (Å²) >= 11 is 1.73. The van der Waals surface area contributed by atoms with E-state index in [-0.39, 0.29) is 11.5 Å². The molecular formula is C15H26N4O2S2. The number of aryl methyl sites for hydroxylation is 1. The Kier molecular flexibility index (Phi) is 6.86. The van der Waals surface area contributed by atoms with Crippen molar-refractivity contribution in [1.82, 2.24) is 15.5 Å². The summed E-state index contributed by atoms with van der Waals surface area (Å²) in [5.74, 6) is 1.36. The number of hydrogen-bond donors (Lipinski definition) is 2. The van der Waals surface area contributed by atoms with E-state index >= 15 is 0 Å². The van der Waals surface area contributed by atoms with Gasteiger partial charge in [0.05, 0.1) is 18.1 Å². The van der Waals surface area contributed by atoms with Crippen LogP contribution in [0.3, 0.4) is 0 Å². The van der Waals surface area contributed by atoms with E-state index in [2.05, 4.69) is 38.9 Å². The molecule has 1 aromatic heterocycles. The van der Waals surface area contributed by atoms with Crippen LogP contribution in [0.5, 0.6) is 0 Å². The van der Waals surface area contributed by atoms with Crippen molar-refractivity contribution in [3.63, 3.8) is 0 Å². The van der Waals surface area contributed by atoms with Crippen LogP contribution in [0.15, 0.2) is 16.4 Å². The summed E-state index contributed by atoms with van der Waals surface area (Å²) in [4.78, 5) is 8.08. The van der Waals surface area contributed by atoms with Gasteiger partial charge in [-0.1, -0.05) is 0 Å². The molecule has 2 N–H and O–H groups in total. The second-order valence-electron chi connectivity index (χ2n) is 5.64. The highest BCUT2D eigenvalue weighted by Gasteiger charge is 2.20. The van der Waals surface area contributed by atoms with E-state index in [1.54, 1.807) is 11.3 Å². The first-order valence-electron chi connectivity index (χ1n) is 7.98. The summed E-state index contributed by atoms with van der Waals surface area (Å²) in [6.45, 7) is 8.50. The van der Waals surface area contributed by atoms with Gasteiger partial charge < -0.3 is 10.6 Å². The highest BCUT2D eigenvalue weighted by molar-refractivity contribution is 7.91. The highest BCUT2D eigenvalue weighted by atomic mass is 32.2. The number of rotatable bonds is 6. The molecule has 0 radical (unpaired) electrons. The van der Waals surface area contributed by atoms with E-state index in [9.17, 15) is 8.42 Å². The molecule has 0 aromatic carbocycles. The minimum atomic E-state index is -2.80. The molecule has 23 heavy (non-hydrogen) atoms. The third-order valence-corrected chi connectivity index (χ3v) is 6.47. The molecule has 0 aliphatic carbocycles. The largest absolute Gasteiger partial charge is 0.357 e. The molecular weight excluding hydrogens is 332 g/mol. The molecule has 8 heteroatoms. The third kappa shape index (κ3) is 6.12. The Morgan fingerprint density at radius 1 is 1.35 bits per heavy atom. The Balaban J connectivity index is 1.77. The van der Waals surface area contributed by atoms with Crippen LogP contribution in [0.25, 0.3) is 0 Å². The van der Waals surface area contributed by atoms with Crippen LogP contribution in [0.1, 0.15) is 17.4 Å². The average Bonchev–Trinajstić information content (AvgIpc) is 2.92. The third-order valence-electron chi connectivity index (χ3n) is 3.85. The van der Waals surface area contributed by atoms with Crippen molar-refractivity contribution in [3.8, 4) is 0 Å². The highest BCUT2D eigenvalue weighted by Crippen LogP contribution is 2.16. The van der Waals surface area contributed by atoms with Gasteiger partial charge in [-0.05, 0) is 30.9 Å². The van der Waals surface area contributed by atoms with Crippen molar-refractivity contribution in [2.24, 2.45) is 4.99 Å². The average molecular weight is 359 g/mol. The fourth-order valence-electron chi connectivity index (χ4n) is 2.36. The number of nitrogens with one attached hydrogen (secondary N) is 2. The fraction of sp³-hybridized carbons (Fsp3) is 0.667. The van der Waals surface area contributed by atoms with Crippen LogP contribution < -0.4 is 10.6 Å². The lowest BCUT2D eigenvalue weighted by Gasteiger charge is -2.26. The normalized spacial score (nSPS) is 18.8.